The molecule has 0 aliphatic heterocycles. The zero-order valence-electron chi connectivity index (χ0n) is 13.7. The molecule has 118 valence electrons. The first kappa shape index (κ1) is 17.6. The summed E-state index contributed by atoms with van der Waals surface area (Å²) in [7, 11) is 1.97. The summed E-state index contributed by atoms with van der Waals surface area (Å²) < 4.78 is 5.76. The number of aliphatic imine (C=N–C) groups is 1. The number of nitrogens with one attached hydrogen (secondary N) is 1. The van der Waals surface area contributed by atoms with Gasteiger partial charge in [0.15, 0.2) is 0 Å². The summed E-state index contributed by atoms with van der Waals surface area (Å²) in [6.07, 6.45) is 7.43. The Morgan fingerprint density at radius 1 is 1.38 bits per heavy atom. The molecule has 0 heterocycles. The molecule has 1 saturated carbocycles. The Morgan fingerprint density at radius 3 is 2.57 bits per heavy atom. The highest BCUT2D eigenvalue weighted by Gasteiger charge is 2.29. The standard InChI is InChI=1S/C17H28N2O2/c1-12(2)16(20)8-6-13(3)7-9-17(19-5)21-15-10-14(11-15)18-4/h7,9,12,14-15,18H,5-6,8,10-11H2,1-4H3/b13-7+,17-9+. The van der Waals surface area contributed by atoms with E-state index in [1.807, 2.05) is 40.0 Å². The van der Waals surface area contributed by atoms with E-state index in [2.05, 4.69) is 17.0 Å². The molecule has 1 aliphatic rings. The maximum atomic E-state index is 11.6. The van der Waals surface area contributed by atoms with Crippen LogP contribution >= 0.6 is 0 Å². The number of Topliss-reactive ketones (excluding diaryl/α,β-unsaturated/α-hetero) is 1. The number of nitrogens with zero attached hydrogens (tertiary/aromatic N) is 1. The lowest BCUT2D eigenvalue weighted by atomic mass is 9.89. The molecule has 1 N–H and O–H groups in total. The molecular formula is C17H28N2O2. The number of ether oxygens (including phenoxy) is 1. The van der Waals surface area contributed by atoms with Gasteiger partial charge in [-0.3, -0.25) is 4.79 Å². The monoisotopic (exact) mass is 292 g/mol. The van der Waals surface area contributed by atoms with Gasteiger partial charge in [-0.25, -0.2) is 4.99 Å². The first-order chi connectivity index (χ1) is 9.96. The summed E-state index contributed by atoms with van der Waals surface area (Å²) >= 11 is 0. The average Bonchev–Trinajstić information content (AvgIpc) is 2.42. The van der Waals surface area contributed by atoms with Gasteiger partial charge in [0.25, 0.3) is 0 Å². The van der Waals surface area contributed by atoms with Gasteiger partial charge in [-0.2, -0.15) is 0 Å². The van der Waals surface area contributed by atoms with Gasteiger partial charge in [0, 0.05) is 24.5 Å². The molecule has 0 unspecified atom stereocenters. The Balaban J connectivity index is 2.41. The van der Waals surface area contributed by atoms with Crippen molar-refractivity contribution in [3.05, 3.63) is 23.6 Å². The maximum Gasteiger partial charge on any atom is 0.212 e. The summed E-state index contributed by atoms with van der Waals surface area (Å²) in [4.78, 5) is 15.5. The second kappa shape index (κ2) is 8.78. The normalized spacial score (nSPS) is 22.9. The van der Waals surface area contributed by atoms with E-state index in [1.165, 1.54) is 0 Å². The lowest BCUT2D eigenvalue weighted by Gasteiger charge is -2.34. The molecule has 0 saturated heterocycles. The third-order valence-corrected chi connectivity index (χ3v) is 3.87. The van der Waals surface area contributed by atoms with Gasteiger partial charge >= 0.3 is 0 Å². The number of allylic oxidation sites excluding steroid dienone is 3. The summed E-state index contributed by atoms with van der Waals surface area (Å²) in [6, 6.07) is 0.556. The fourth-order valence-corrected chi connectivity index (χ4v) is 2.10. The fourth-order valence-electron chi connectivity index (χ4n) is 2.10. The Kier molecular flexibility index (Phi) is 7.37. The number of rotatable bonds is 9. The molecule has 0 aromatic carbocycles. The first-order valence-electron chi connectivity index (χ1n) is 7.67. The minimum absolute atomic E-state index is 0.112. The van der Waals surface area contributed by atoms with Crippen molar-refractivity contribution in [2.24, 2.45) is 10.9 Å². The summed E-state index contributed by atoms with van der Waals surface area (Å²) in [6.45, 7) is 9.44. The van der Waals surface area contributed by atoms with Crippen LogP contribution in [0.4, 0.5) is 0 Å². The van der Waals surface area contributed by atoms with E-state index in [-0.39, 0.29) is 12.0 Å². The molecule has 0 amide bonds. The van der Waals surface area contributed by atoms with Crippen LogP contribution in [0, 0.1) is 5.92 Å². The van der Waals surface area contributed by atoms with Gasteiger partial charge in [0.2, 0.25) is 5.88 Å². The van der Waals surface area contributed by atoms with Crippen LogP contribution in [0.3, 0.4) is 0 Å². The predicted octanol–water partition coefficient (Wildman–Crippen LogP) is 3.25. The van der Waals surface area contributed by atoms with Crippen LogP contribution in [0.2, 0.25) is 0 Å². The number of hydrogen-bond donors (Lipinski definition) is 1. The van der Waals surface area contributed by atoms with Crippen molar-refractivity contribution in [1.29, 1.82) is 0 Å². The Hall–Kier alpha value is -1.42. The molecule has 0 atom stereocenters. The fraction of sp³-hybridized carbons (Fsp3) is 0.647. The van der Waals surface area contributed by atoms with Gasteiger partial charge in [-0.1, -0.05) is 25.5 Å². The van der Waals surface area contributed by atoms with Crippen LogP contribution in [-0.4, -0.2) is 31.7 Å². The highest BCUT2D eigenvalue weighted by atomic mass is 16.5. The second-order valence-corrected chi connectivity index (χ2v) is 5.99. The molecule has 0 bridgehead atoms. The van der Waals surface area contributed by atoms with E-state index < -0.39 is 0 Å². The molecule has 1 aliphatic carbocycles. The zero-order valence-corrected chi connectivity index (χ0v) is 13.7. The van der Waals surface area contributed by atoms with Gasteiger partial charge in [-0.05, 0) is 40.0 Å². The van der Waals surface area contributed by atoms with Crippen molar-refractivity contribution in [3.63, 3.8) is 0 Å². The third kappa shape index (κ3) is 6.25. The van der Waals surface area contributed by atoms with E-state index in [4.69, 9.17) is 4.74 Å². The minimum atomic E-state index is 0.112. The topological polar surface area (TPSA) is 50.7 Å². The largest absolute Gasteiger partial charge is 0.474 e. The Morgan fingerprint density at radius 2 is 2.05 bits per heavy atom. The van der Waals surface area contributed by atoms with Crippen LogP contribution in [0.25, 0.3) is 0 Å². The van der Waals surface area contributed by atoms with Crippen LogP contribution in [0.15, 0.2) is 28.6 Å². The minimum Gasteiger partial charge on any atom is -0.474 e. The highest BCUT2D eigenvalue weighted by molar-refractivity contribution is 5.80. The molecule has 0 radical (unpaired) electrons. The van der Waals surface area contributed by atoms with E-state index in [1.54, 1.807) is 0 Å². The predicted molar refractivity (Wildman–Crippen MR) is 87.4 cm³/mol. The lowest BCUT2D eigenvalue weighted by Crippen LogP contribution is -2.43. The van der Waals surface area contributed by atoms with E-state index in [9.17, 15) is 4.79 Å². The van der Waals surface area contributed by atoms with E-state index in [0.717, 1.165) is 24.8 Å². The molecular weight excluding hydrogens is 264 g/mol. The van der Waals surface area contributed by atoms with E-state index in [0.29, 0.717) is 24.1 Å². The SMILES string of the molecule is C=N/C(=C\C=C(/C)CCC(=O)C(C)C)OC1CC(NC)C1. The summed E-state index contributed by atoms with van der Waals surface area (Å²) in [5.41, 5.74) is 1.15. The van der Waals surface area contributed by atoms with Gasteiger partial charge in [0.05, 0.1) is 0 Å². The van der Waals surface area contributed by atoms with Gasteiger partial charge < -0.3 is 10.1 Å². The Bertz CT molecular complexity index is 419. The van der Waals surface area contributed by atoms with Crippen molar-refractivity contribution in [1.82, 2.24) is 5.32 Å². The van der Waals surface area contributed by atoms with Crippen LogP contribution < -0.4 is 5.32 Å². The third-order valence-electron chi connectivity index (χ3n) is 3.87. The summed E-state index contributed by atoms with van der Waals surface area (Å²) in [5, 5.41) is 3.22. The number of carbonyl (C=O) groups excluding carboxylic acids is 1. The van der Waals surface area contributed by atoms with E-state index >= 15 is 0 Å². The van der Waals surface area contributed by atoms with Crippen LogP contribution in [0.1, 0.15) is 46.5 Å². The lowest BCUT2D eigenvalue weighted by molar-refractivity contribution is -0.121. The van der Waals surface area contributed by atoms with Crippen molar-refractivity contribution in [2.45, 2.75) is 58.6 Å². The van der Waals surface area contributed by atoms with Crippen molar-refractivity contribution < 1.29 is 9.53 Å². The van der Waals surface area contributed by atoms with Crippen molar-refractivity contribution in [2.75, 3.05) is 7.05 Å². The molecule has 0 spiro atoms. The molecule has 1 fully saturated rings. The molecule has 0 aromatic rings. The molecule has 21 heavy (non-hydrogen) atoms. The Labute approximate surface area is 128 Å². The molecule has 4 nitrogen and oxygen atoms in total. The summed E-state index contributed by atoms with van der Waals surface area (Å²) in [5.74, 6) is 0.975. The number of hydrogen-bond acceptors (Lipinski definition) is 4. The molecule has 0 aromatic heterocycles. The second-order valence-electron chi connectivity index (χ2n) is 5.99. The average molecular weight is 292 g/mol. The van der Waals surface area contributed by atoms with Crippen LogP contribution in [-0.2, 0) is 9.53 Å². The number of ketones is 1. The maximum absolute atomic E-state index is 11.6. The number of carbonyl (C=O) groups is 1. The quantitative estimate of drug-likeness (QED) is 0.403. The van der Waals surface area contributed by atoms with Crippen LogP contribution in [0.5, 0.6) is 0 Å². The zero-order chi connectivity index (χ0) is 15.8. The molecule has 1 rings (SSSR count). The smallest absolute Gasteiger partial charge is 0.212 e. The highest BCUT2D eigenvalue weighted by Crippen LogP contribution is 2.25. The first-order valence-corrected chi connectivity index (χ1v) is 7.67. The van der Waals surface area contributed by atoms with Crippen molar-refractivity contribution >= 4 is 12.5 Å². The molecule has 4 heteroatoms. The van der Waals surface area contributed by atoms with Gasteiger partial charge in [0.1, 0.15) is 11.9 Å². The van der Waals surface area contributed by atoms with Crippen molar-refractivity contribution in [3.8, 4) is 0 Å². The van der Waals surface area contributed by atoms with Gasteiger partial charge in [-0.15, -0.1) is 0 Å².